The zero-order chi connectivity index (χ0) is 9.28. The SMILES string of the molecule is CCN(OC)C(=O)O.COC. The number of nitrogens with zero attached hydrogens (tertiary/aromatic N) is 1. The van der Waals surface area contributed by atoms with E-state index >= 15 is 0 Å². The summed E-state index contributed by atoms with van der Waals surface area (Å²) in [6, 6.07) is 0. The molecule has 5 heteroatoms. The Balaban J connectivity index is 0. The normalized spacial score (nSPS) is 8.00. The van der Waals surface area contributed by atoms with Crippen molar-refractivity contribution in [3.8, 4) is 0 Å². The Bertz CT molecular complexity index is 92.6. The predicted molar refractivity (Wildman–Crippen MR) is 40.3 cm³/mol. The van der Waals surface area contributed by atoms with Gasteiger partial charge < -0.3 is 9.84 Å². The molecule has 0 heterocycles. The van der Waals surface area contributed by atoms with Gasteiger partial charge in [0.2, 0.25) is 0 Å². The molecule has 1 N–H and O–H groups in total. The van der Waals surface area contributed by atoms with Gasteiger partial charge in [-0.05, 0) is 6.92 Å². The number of hydrogen-bond acceptors (Lipinski definition) is 3. The zero-order valence-electron chi connectivity index (χ0n) is 7.33. The third-order valence-electron chi connectivity index (χ3n) is 0.721. The second kappa shape index (κ2) is 9.19. The number of rotatable bonds is 2. The van der Waals surface area contributed by atoms with Crippen LogP contribution in [0, 0.1) is 0 Å². The van der Waals surface area contributed by atoms with Crippen molar-refractivity contribution in [3.63, 3.8) is 0 Å². The molecule has 0 fully saturated rings. The van der Waals surface area contributed by atoms with Gasteiger partial charge in [-0.25, -0.2) is 4.79 Å². The second-order valence-electron chi connectivity index (χ2n) is 1.57. The fourth-order valence-corrected chi connectivity index (χ4v) is 0.342. The summed E-state index contributed by atoms with van der Waals surface area (Å²) in [6.07, 6.45) is -1.06. The molecule has 0 rings (SSSR count). The minimum atomic E-state index is -1.06. The molecule has 68 valence electrons. The molecule has 0 bridgehead atoms. The Morgan fingerprint density at radius 2 is 1.82 bits per heavy atom. The lowest BCUT2D eigenvalue weighted by Gasteiger charge is -2.11. The number of hydroxylamine groups is 2. The highest BCUT2D eigenvalue weighted by atomic mass is 16.7. The van der Waals surface area contributed by atoms with E-state index in [1.165, 1.54) is 7.11 Å². The number of amides is 1. The van der Waals surface area contributed by atoms with Crippen molar-refractivity contribution in [2.75, 3.05) is 27.9 Å². The van der Waals surface area contributed by atoms with Gasteiger partial charge in [-0.3, -0.25) is 4.84 Å². The molecular weight excluding hydrogens is 150 g/mol. The Labute approximate surface area is 66.5 Å². The Hall–Kier alpha value is -0.810. The Morgan fingerprint density at radius 3 is 1.82 bits per heavy atom. The third-order valence-corrected chi connectivity index (χ3v) is 0.721. The van der Waals surface area contributed by atoms with E-state index in [-0.39, 0.29) is 0 Å². The van der Waals surface area contributed by atoms with Gasteiger partial charge in [0.25, 0.3) is 0 Å². The minimum absolute atomic E-state index is 0.353. The lowest BCUT2D eigenvalue weighted by molar-refractivity contribution is -0.0985. The highest BCUT2D eigenvalue weighted by molar-refractivity contribution is 5.63. The molecule has 1 amide bonds. The first kappa shape index (κ1) is 12.8. The van der Waals surface area contributed by atoms with Gasteiger partial charge in [0.05, 0.1) is 7.11 Å². The van der Waals surface area contributed by atoms with Gasteiger partial charge in [-0.1, -0.05) is 0 Å². The molecule has 0 aliphatic carbocycles. The Kier molecular flexibility index (Phi) is 10.7. The van der Waals surface area contributed by atoms with E-state index < -0.39 is 6.09 Å². The lowest BCUT2D eigenvalue weighted by Crippen LogP contribution is -2.27. The highest BCUT2D eigenvalue weighted by Crippen LogP contribution is 1.85. The maximum absolute atomic E-state index is 9.96. The van der Waals surface area contributed by atoms with E-state index in [4.69, 9.17) is 5.11 Å². The van der Waals surface area contributed by atoms with E-state index in [0.29, 0.717) is 6.54 Å². The van der Waals surface area contributed by atoms with Crippen molar-refractivity contribution in [3.05, 3.63) is 0 Å². The molecular formula is C6H15NO4. The van der Waals surface area contributed by atoms with Crippen LogP contribution in [0.3, 0.4) is 0 Å². The van der Waals surface area contributed by atoms with Crippen molar-refractivity contribution in [1.82, 2.24) is 5.06 Å². The largest absolute Gasteiger partial charge is 0.463 e. The van der Waals surface area contributed by atoms with Crippen LogP contribution in [-0.4, -0.2) is 44.1 Å². The quantitative estimate of drug-likeness (QED) is 0.615. The van der Waals surface area contributed by atoms with Crippen LogP contribution in [0.25, 0.3) is 0 Å². The highest BCUT2D eigenvalue weighted by Gasteiger charge is 2.04. The van der Waals surface area contributed by atoms with Crippen LogP contribution in [0.2, 0.25) is 0 Å². The van der Waals surface area contributed by atoms with Crippen LogP contribution in [0.5, 0.6) is 0 Å². The summed E-state index contributed by atoms with van der Waals surface area (Å²) in [6.45, 7) is 2.05. The van der Waals surface area contributed by atoms with Gasteiger partial charge >= 0.3 is 6.09 Å². The number of hydrogen-bond donors (Lipinski definition) is 1. The van der Waals surface area contributed by atoms with E-state index in [9.17, 15) is 4.79 Å². The number of ether oxygens (including phenoxy) is 1. The van der Waals surface area contributed by atoms with Crippen molar-refractivity contribution in [1.29, 1.82) is 0 Å². The first-order chi connectivity index (χ1) is 5.13. The van der Waals surface area contributed by atoms with E-state index in [0.717, 1.165) is 5.06 Å². The monoisotopic (exact) mass is 165 g/mol. The van der Waals surface area contributed by atoms with Gasteiger partial charge in [-0.15, -0.1) is 0 Å². The summed E-state index contributed by atoms with van der Waals surface area (Å²) in [5, 5.41) is 9.01. The molecule has 0 unspecified atom stereocenters. The van der Waals surface area contributed by atoms with Gasteiger partial charge in [0, 0.05) is 20.8 Å². The molecule has 0 saturated heterocycles. The number of carbonyl (C=O) groups is 1. The molecule has 0 radical (unpaired) electrons. The molecule has 0 saturated carbocycles. The van der Waals surface area contributed by atoms with E-state index in [2.05, 4.69) is 9.57 Å². The van der Waals surface area contributed by atoms with Crippen molar-refractivity contribution >= 4 is 6.09 Å². The van der Waals surface area contributed by atoms with E-state index in [1.807, 2.05) is 0 Å². The smallest absolute Gasteiger partial charge is 0.431 e. The van der Waals surface area contributed by atoms with E-state index in [1.54, 1.807) is 21.1 Å². The molecule has 0 aromatic heterocycles. The molecule has 5 nitrogen and oxygen atoms in total. The average Bonchev–Trinajstić information content (AvgIpc) is 1.91. The molecule has 0 aliphatic rings. The van der Waals surface area contributed by atoms with Crippen LogP contribution < -0.4 is 0 Å². The molecule has 11 heavy (non-hydrogen) atoms. The lowest BCUT2D eigenvalue weighted by atomic mass is 10.7. The van der Waals surface area contributed by atoms with Crippen molar-refractivity contribution in [2.24, 2.45) is 0 Å². The third kappa shape index (κ3) is 9.19. The minimum Gasteiger partial charge on any atom is -0.463 e. The molecule has 0 aromatic carbocycles. The van der Waals surface area contributed by atoms with Gasteiger partial charge in [0.15, 0.2) is 0 Å². The van der Waals surface area contributed by atoms with Gasteiger partial charge in [0.1, 0.15) is 0 Å². The molecule has 0 aromatic rings. The fraction of sp³-hybridized carbons (Fsp3) is 0.833. The summed E-state index contributed by atoms with van der Waals surface area (Å²) < 4.78 is 4.25. The standard InChI is InChI=1S/C4H9NO3.C2H6O/c1-3-5(8-2)4(6)7;1-3-2/h3H2,1-2H3,(H,6,7);1-2H3. The molecule has 0 aliphatic heterocycles. The molecule has 0 atom stereocenters. The van der Waals surface area contributed by atoms with Crippen molar-refractivity contribution in [2.45, 2.75) is 6.92 Å². The summed E-state index contributed by atoms with van der Waals surface area (Å²) in [5.74, 6) is 0. The van der Waals surface area contributed by atoms with Crippen molar-refractivity contribution < 1.29 is 19.5 Å². The first-order valence-electron chi connectivity index (χ1n) is 3.08. The van der Waals surface area contributed by atoms with Crippen LogP contribution >= 0.6 is 0 Å². The van der Waals surface area contributed by atoms with Crippen LogP contribution in [0.4, 0.5) is 4.79 Å². The second-order valence-corrected chi connectivity index (χ2v) is 1.57. The summed E-state index contributed by atoms with van der Waals surface area (Å²) >= 11 is 0. The predicted octanol–water partition coefficient (Wildman–Crippen LogP) is 0.810. The maximum atomic E-state index is 9.96. The topological polar surface area (TPSA) is 59.0 Å². The van der Waals surface area contributed by atoms with Crippen LogP contribution in [-0.2, 0) is 9.57 Å². The van der Waals surface area contributed by atoms with Crippen LogP contribution in [0.15, 0.2) is 0 Å². The number of carboxylic acid groups (broad SMARTS) is 1. The average molecular weight is 165 g/mol. The summed E-state index contributed by atoms with van der Waals surface area (Å²) in [5.41, 5.74) is 0. The van der Waals surface area contributed by atoms with Gasteiger partial charge in [-0.2, -0.15) is 5.06 Å². The number of methoxy groups -OCH3 is 1. The first-order valence-corrected chi connectivity index (χ1v) is 3.08. The fourth-order valence-electron chi connectivity index (χ4n) is 0.342. The maximum Gasteiger partial charge on any atom is 0.431 e. The Morgan fingerprint density at radius 1 is 1.45 bits per heavy atom. The summed E-state index contributed by atoms with van der Waals surface area (Å²) in [4.78, 5) is 14.4. The zero-order valence-corrected chi connectivity index (χ0v) is 7.33. The summed E-state index contributed by atoms with van der Waals surface area (Å²) in [7, 11) is 4.57. The molecule has 0 spiro atoms. The van der Waals surface area contributed by atoms with Crippen LogP contribution in [0.1, 0.15) is 6.92 Å².